The van der Waals surface area contributed by atoms with Gasteiger partial charge in [-0.2, -0.15) is 0 Å². The van der Waals surface area contributed by atoms with E-state index < -0.39 is 20.6 Å². The van der Waals surface area contributed by atoms with E-state index in [4.69, 9.17) is 9.94 Å². The van der Waals surface area contributed by atoms with Crippen LogP contribution < -0.4 is 10.6 Å². The van der Waals surface area contributed by atoms with Crippen LogP contribution in [0.5, 0.6) is 5.75 Å². The van der Waals surface area contributed by atoms with Crippen molar-refractivity contribution < 1.29 is 28.3 Å². The molecule has 1 aromatic carbocycles. The molecule has 23 heavy (non-hydrogen) atoms. The third-order valence-corrected chi connectivity index (χ3v) is 5.74. The number of hydrogen-bond donors (Lipinski definition) is 3. The van der Waals surface area contributed by atoms with Gasteiger partial charge in [0.25, 0.3) is 0 Å². The minimum absolute atomic E-state index is 0.0321. The van der Waals surface area contributed by atoms with Gasteiger partial charge in [0.05, 0.1) is 12.0 Å². The van der Waals surface area contributed by atoms with Crippen molar-refractivity contribution in [1.82, 2.24) is 0 Å². The highest BCUT2D eigenvalue weighted by atomic mass is 32.2. The van der Waals surface area contributed by atoms with Crippen LogP contribution in [0.25, 0.3) is 0 Å². The molecule has 0 saturated heterocycles. The zero-order valence-electron chi connectivity index (χ0n) is 13.6. The topological polar surface area (TPSA) is 127 Å². The smallest absolute Gasteiger partial charge is 0.325 e. The second-order valence-corrected chi connectivity index (χ2v) is 7.58. The molecule has 0 heterocycles. The van der Waals surface area contributed by atoms with Gasteiger partial charge in [-0.3, -0.25) is 4.79 Å². The van der Waals surface area contributed by atoms with Crippen LogP contribution >= 0.6 is 0 Å². The lowest BCUT2D eigenvalue weighted by atomic mass is 10.1. The SMILES string of the molecule is COc1ccc(S(=O)(=O)C(C)(CC=C(C)C)C(=O)O)cc1.NO. The number of aliphatic carboxylic acids is 1. The molecule has 0 fully saturated rings. The van der Waals surface area contributed by atoms with Gasteiger partial charge in [-0.25, -0.2) is 14.3 Å². The van der Waals surface area contributed by atoms with Crippen molar-refractivity contribution in [1.29, 1.82) is 0 Å². The van der Waals surface area contributed by atoms with Gasteiger partial charge in [0.1, 0.15) is 5.75 Å². The van der Waals surface area contributed by atoms with Gasteiger partial charge in [-0.05, 0) is 51.5 Å². The van der Waals surface area contributed by atoms with Gasteiger partial charge in [-0.15, -0.1) is 0 Å². The quantitative estimate of drug-likeness (QED) is 0.531. The van der Waals surface area contributed by atoms with Crippen molar-refractivity contribution in [2.45, 2.75) is 36.8 Å². The van der Waals surface area contributed by atoms with Crippen molar-refractivity contribution in [2.24, 2.45) is 5.90 Å². The maximum absolute atomic E-state index is 12.7. The Bertz CT molecular complexity index is 647. The highest BCUT2D eigenvalue weighted by Crippen LogP contribution is 2.31. The second-order valence-electron chi connectivity index (χ2n) is 5.20. The second kappa shape index (κ2) is 8.66. The van der Waals surface area contributed by atoms with Crippen LogP contribution in [0.3, 0.4) is 0 Å². The summed E-state index contributed by atoms with van der Waals surface area (Å²) in [6, 6.07) is 5.71. The average molecular weight is 345 g/mol. The first-order valence-corrected chi connectivity index (χ1v) is 8.14. The van der Waals surface area contributed by atoms with E-state index in [2.05, 4.69) is 5.90 Å². The fraction of sp³-hybridized carbons (Fsp3) is 0.400. The molecule has 0 aliphatic rings. The Balaban J connectivity index is 0.00000232. The monoisotopic (exact) mass is 345 g/mol. The Morgan fingerprint density at radius 3 is 2.09 bits per heavy atom. The molecule has 1 atom stereocenters. The fourth-order valence-corrected chi connectivity index (χ4v) is 3.27. The molecule has 7 nitrogen and oxygen atoms in total. The van der Waals surface area contributed by atoms with E-state index in [0.29, 0.717) is 5.75 Å². The summed E-state index contributed by atoms with van der Waals surface area (Å²) in [5, 5.41) is 15.9. The van der Waals surface area contributed by atoms with Crippen LogP contribution in [0.1, 0.15) is 27.2 Å². The summed E-state index contributed by atoms with van der Waals surface area (Å²) in [5.41, 5.74) is 0.868. The molecular weight excluding hydrogens is 322 g/mol. The summed E-state index contributed by atoms with van der Waals surface area (Å²) < 4.78 is 28.4. The summed E-state index contributed by atoms with van der Waals surface area (Å²) in [7, 11) is -2.55. The molecule has 0 saturated carbocycles. The number of rotatable bonds is 6. The Hall–Kier alpha value is -1.90. The minimum Gasteiger partial charge on any atom is -0.497 e. The number of carbonyl (C=O) groups is 1. The molecule has 1 rings (SSSR count). The number of methoxy groups -OCH3 is 1. The summed E-state index contributed by atoms with van der Waals surface area (Å²) in [6.07, 6.45) is 1.54. The molecule has 0 bridgehead atoms. The van der Waals surface area contributed by atoms with E-state index in [9.17, 15) is 18.3 Å². The van der Waals surface area contributed by atoms with E-state index in [1.54, 1.807) is 19.9 Å². The van der Waals surface area contributed by atoms with Crippen molar-refractivity contribution in [3.05, 3.63) is 35.9 Å². The number of ether oxygens (including phenoxy) is 1. The lowest BCUT2D eigenvalue weighted by molar-refractivity contribution is -0.139. The third kappa shape index (κ3) is 4.78. The van der Waals surface area contributed by atoms with Gasteiger partial charge in [0.15, 0.2) is 14.6 Å². The summed E-state index contributed by atoms with van der Waals surface area (Å²) in [5.74, 6) is 2.64. The maximum Gasteiger partial charge on any atom is 0.325 e. The molecule has 0 aliphatic carbocycles. The van der Waals surface area contributed by atoms with E-state index in [1.807, 2.05) is 0 Å². The molecule has 0 aliphatic heterocycles. The van der Waals surface area contributed by atoms with Crippen LogP contribution in [0.15, 0.2) is 40.8 Å². The van der Waals surface area contributed by atoms with E-state index >= 15 is 0 Å². The largest absolute Gasteiger partial charge is 0.497 e. The zero-order chi connectivity index (χ0) is 18.3. The number of hydrogen-bond acceptors (Lipinski definition) is 6. The summed E-state index contributed by atoms with van der Waals surface area (Å²) in [6.45, 7) is 4.82. The van der Waals surface area contributed by atoms with Crippen LogP contribution in [-0.4, -0.2) is 36.6 Å². The molecule has 8 heteroatoms. The third-order valence-electron chi connectivity index (χ3n) is 3.32. The minimum atomic E-state index is -4.02. The highest BCUT2D eigenvalue weighted by molar-refractivity contribution is 7.93. The molecule has 1 unspecified atom stereocenters. The predicted octanol–water partition coefficient (Wildman–Crippen LogP) is 2.00. The lowest BCUT2D eigenvalue weighted by Gasteiger charge is -2.24. The molecule has 4 N–H and O–H groups in total. The van der Waals surface area contributed by atoms with Crippen molar-refractivity contribution >= 4 is 15.8 Å². The molecule has 1 aromatic rings. The first-order valence-electron chi connectivity index (χ1n) is 6.66. The predicted molar refractivity (Wildman–Crippen MR) is 86.2 cm³/mol. The van der Waals surface area contributed by atoms with Gasteiger partial charge in [0.2, 0.25) is 0 Å². The molecule has 0 aromatic heterocycles. The fourth-order valence-electron chi connectivity index (χ4n) is 1.73. The Morgan fingerprint density at radius 2 is 1.74 bits per heavy atom. The maximum atomic E-state index is 12.7. The number of benzene rings is 1. The van der Waals surface area contributed by atoms with Gasteiger partial charge >= 0.3 is 5.97 Å². The Kier molecular flexibility index (Phi) is 7.94. The molecular formula is C15H23NO6S. The van der Waals surface area contributed by atoms with Crippen molar-refractivity contribution in [2.75, 3.05) is 7.11 Å². The first kappa shape index (κ1) is 21.1. The van der Waals surface area contributed by atoms with Gasteiger partial charge < -0.3 is 15.1 Å². The van der Waals surface area contributed by atoms with Crippen molar-refractivity contribution in [3.63, 3.8) is 0 Å². The molecule has 130 valence electrons. The van der Waals surface area contributed by atoms with E-state index in [1.165, 1.54) is 38.3 Å². The van der Waals surface area contributed by atoms with Crippen LogP contribution in [0.2, 0.25) is 0 Å². The number of nitrogens with two attached hydrogens (primary N) is 1. The number of allylic oxidation sites excluding steroid dienone is 2. The van der Waals surface area contributed by atoms with Gasteiger partial charge in [0, 0.05) is 0 Å². The van der Waals surface area contributed by atoms with Crippen LogP contribution in [-0.2, 0) is 14.6 Å². The van der Waals surface area contributed by atoms with Crippen LogP contribution in [0, 0.1) is 0 Å². The zero-order valence-corrected chi connectivity index (χ0v) is 14.4. The summed E-state index contributed by atoms with van der Waals surface area (Å²) in [4.78, 5) is 11.5. The molecule has 0 amide bonds. The normalized spacial score (nSPS) is 13.1. The highest BCUT2D eigenvalue weighted by Gasteiger charge is 2.46. The van der Waals surface area contributed by atoms with E-state index in [-0.39, 0.29) is 11.3 Å². The number of sulfone groups is 1. The van der Waals surface area contributed by atoms with E-state index in [0.717, 1.165) is 5.57 Å². The average Bonchev–Trinajstić information content (AvgIpc) is 2.54. The number of carboxylic acids is 1. The lowest BCUT2D eigenvalue weighted by Crippen LogP contribution is -2.43. The standard InChI is InChI=1S/C15H20O5S.H3NO/c1-11(2)9-10-15(3,14(16)17)21(18,19)13-7-5-12(20-4)6-8-13;1-2/h5-9H,10H2,1-4H3,(H,16,17);2H,1H2. The number of carboxylic acid groups (broad SMARTS) is 1. The Morgan fingerprint density at radius 1 is 1.26 bits per heavy atom. The molecule has 0 radical (unpaired) electrons. The van der Waals surface area contributed by atoms with Gasteiger partial charge in [-0.1, -0.05) is 11.6 Å². The van der Waals surface area contributed by atoms with Crippen LogP contribution in [0.4, 0.5) is 0 Å². The summed E-state index contributed by atoms with van der Waals surface area (Å²) >= 11 is 0. The van der Waals surface area contributed by atoms with Crippen molar-refractivity contribution in [3.8, 4) is 5.75 Å². The first-order chi connectivity index (χ1) is 10.6. The Labute approximate surface area is 136 Å². The molecule has 0 spiro atoms.